The Bertz CT molecular complexity index is 1250. The van der Waals surface area contributed by atoms with E-state index in [1.807, 2.05) is 48.5 Å². The van der Waals surface area contributed by atoms with Gasteiger partial charge in [0.2, 0.25) is 5.91 Å². The number of hydrogen-bond donors (Lipinski definition) is 0. The Kier molecular flexibility index (Phi) is 6.66. The Morgan fingerprint density at radius 1 is 1.00 bits per heavy atom. The second-order valence-electron chi connectivity index (χ2n) is 7.30. The number of hydrogen-bond acceptors (Lipinski definition) is 5. The molecule has 1 aromatic heterocycles. The van der Waals surface area contributed by atoms with Crippen LogP contribution in [0.5, 0.6) is 5.75 Å². The molecule has 0 saturated heterocycles. The van der Waals surface area contributed by atoms with Crippen LogP contribution < -0.4 is 4.74 Å². The maximum atomic E-state index is 13.3. The minimum Gasteiger partial charge on any atom is -0.497 e. The molecule has 1 amide bonds. The summed E-state index contributed by atoms with van der Waals surface area (Å²) in [4.78, 5) is 14.4. The first kappa shape index (κ1) is 21.8. The molecule has 0 bridgehead atoms. The van der Waals surface area contributed by atoms with Gasteiger partial charge in [-0.25, -0.2) is 4.39 Å². The van der Waals surface area contributed by atoms with E-state index in [4.69, 9.17) is 4.74 Å². The summed E-state index contributed by atoms with van der Waals surface area (Å²) in [6.07, 6.45) is 0. The highest BCUT2D eigenvalue weighted by atomic mass is 32.2. The van der Waals surface area contributed by atoms with E-state index in [9.17, 15) is 9.18 Å². The maximum Gasteiger partial charge on any atom is 0.233 e. The summed E-state index contributed by atoms with van der Waals surface area (Å²) < 4.78 is 18.6. The van der Waals surface area contributed by atoms with Crippen LogP contribution in [0.1, 0.15) is 5.56 Å². The Labute approximate surface area is 190 Å². The number of carbonyl (C=O) groups is 1. The highest BCUT2D eigenvalue weighted by Crippen LogP contribution is 2.32. The molecule has 1 heterocycles. The van der Waals surface area contributed by atoms with Gasteiger partial charge in [-0.2, -0.15) is 0 Å². The smallest absolute Gasteiger partial charge is 0.233 e. The van der Waals surface area contributed by atoms with E-state index in [0.29, 0.717) is 17.3 Å². The molecule has 0 saturated carbocycles. The monoisotopic (exact) mass is 447 g/mol. The van der Waals surface area contributed by atoms with Crippen molar-refractivity contribution in [1.82, 2.24) is 15.1 Å². The number of carbonyl (C=O) groups excluding carboxylic acids is 1. The molecule has 0 atom stereocenters. The lowest BCUT2D eigenvalue weighted by atomic mass is 10.1. The Balaban J connectivity index is 1.50. The van der Waals surface area contributed by atoms with Crippen LogP contribution in [0.4, 0.5) is 4.39 Å². The number of aromatic nitrogens is 2. The van der Waals surface area contributed by atoms with Crippen molar-refractivity contribution in [2.24, 2.45) is 0 Å². The number of amides is 1. The number of nitrogens with zero attached hydrogens (tertiary/aromatic N) is 3. The molecule has 4 rings (SSSR count). The lowest BCUT2D eigenvalue weighted by molar-refractivity contribution is -0.127. The van der Waals surface area contributed by atoms with Crippen LogP contribution in [0.15, 0.2) is 77.8 Å². The molecule has 0 aliphatic heterocycles. The van der Waals surface area contributed by atoms with Gasteiger partial charge < -0.3 is 9.64 Å². The largest absolute Gasteiger partial charge is 0.497 e. The number of ether oxygens (including phenoxy) is 1. The van der Waals surface area contributed by atoms with Gasteiger partial charge in [-0.1, -0.05) is 48.2 Å². The number of fused-ring (bicyclic) bond motifs is 1. The van der Waals surface area contributed by atoms with Gasteiger partial charge in [0, 0.05) is 29.9 Å². The summed E-state index contributed by atoms with van der Waals surface area (Å²) in [5, 5.41) is 11.3. The van der Waals surface area contributed by atoms with Crippen molar-refractivity contribution in [2.75, 3.05) is 19.9 Å². The molecule has 32 heavy (non-hydrogen) atoms. The third-order valence-electron chi connectivity index (χ3n) is 5.08. The molecule has 0 aliphatic carbocycles. The topological polar surface area (TPSA) is 55.3 Å². The fraction of sp³-hybridized carbons (Fsp3) is 0.160. The van der Waals surface area contributed by atoms with E-state index < -0.39 is 0 Å². The van der Waals surface area contributed by atoms with Gasteiger partial charge in [0.1, 0.15) is 22.3 Å². The van der Waals surface area contributed by atoms with Gasteiger partial charge in [-0.15, -0.1) is 10.2 Å². The highest BCUT2D eigenvalue weighted by Gasteiger charge is 2.15. The van der Waals surface area contributed by atoms with E-state index in [1.165, 1.54) is 23.9 Å². The molecule has 3 aromatic carbocycles. The molecule has 4 aromatic rings. The molecular formula is C25H22FN3O2S. The van der Waals surface area contributed by atoms with Crippen LogP contribution >= 0.6 is 11.8 Å². The van der Waals surface area contributed by atoms with Crippen LogP contribution in [0.25, 0.3) is 22.0 Å². The number of benzene rings is 3. The summed E-state index contributed by atoms with van der Waals surface area (Å²) >= 11 is 1.36. The minimum absolute atomic E-state index is 0.00804. The molecule has 0 radical (unpaired) electrons. The molecule has 7 heteroatoms. The maximum absolute atomic E-state index is 13.3. The van der Waals surface area contributed by atoms with Crippen LogP contribution in [0, 0.1) is 5.82 Å². The first-order valence-electron chi connectivity index (χ1n) is 10.1. The average molecular weight is 448 g/mol. The molecule has 162 valence electrons. The molecule has 5 nitrogen and oxygen atoms in total. The first-order chi connectivity index (χ1) is 15.5. The van der Waals surface area contributed by atoms with Crippen molar-refractivity contribution >= 4 is 28.4 Å². The predicted molar refractivity (Wildman–Crippen MR) is 125 cm³/mol. The lowest BCUT2D eigenvalue weighted by Gasteiger charge is -2.17. The van der Waals surface area contributed by atoms with Crippen molar-refractivity contribution in [2.45, 2.75) is 11.6 Å². The average Bonchev–Trinajstić information content (AvgIpc) is 2.83. The Hall–Kier alpha value is -3.45. The summed E-state index contributed by atoms with van der Waals surface area (Å²) in [7, 11) is 3.40. The fourth-order valence-electron chi connectivity index (χ4n) is 3.38. The SMILES string of the molecule is COc1cccc(CN(C)C(=O)CSc2nnc(-c3ccc(F)cc3)c3ccccc23)c1. The number of rotatable bonds is 7. The van der Waals surface area contributed by atoms with Gasteiger partial charge in [-0.05, 0) is 42.0 Å². The van der Waals surface area contributed by atoms with Crippen molar-refractivity contribution < 1.29 is 13.9 Å². The zero-order chi connectivity index (χ0) is 22.5. The van der Waals surface area contributed by atoms with E-state index in [-0.39, 0.29) is 17.5 Å². The number of thioether (sulfide) groups is 1. The molecular weight excluding hydrogens is 425 g/mol. The first-order valence-corrected chi connectivity index (χ1v) is 11.0. The molecule has 0 fully saturated rings. The third kappa shape index (κ3) is 4.89. The van der Waals surface area contributed by atoms with Gasteiger partial charge in [0.25, 0.3) is 0 Å². The zero-order valence-electron chi connectivity index (χ0n) is 17.8. The molecule has 0 aliphatic rings. The Morgan fingerprint density at radius 2 is 1.75 bits per heavy atom. The molecule has 0 N–H and O–H groups in total. The van der Waals surface area contributed by atoms with Crippen molar-refractivity contribution in [1.29, 1.82) is 0 Å². The van der Waals surface area contributed by atoms with E-state index in [2.05, 4.69) is 10.2 Å². The summed E-state index contributed by atoms with van der Waals surface area (Å²) in [6.45, 7) is 0.493. The minimum atomic E-state index is -0.297. The van der Waals surface area contributed by atoms with Gasteiger partial charge in [-0.3, -0.25) is 4.79 Å². The molecule has 0 spiro atoms. The van der Waals surface area contributed by atoms with Crippen molar-refractivity contribution in [3.8, 4) is 17.0 Å². The standard InChI is InChI=1S/C25H22FN3O2S/c1-29(15-17-6-5-7-20(14-17)31-2)23(30)16-32-25-22-9-4-3-8-21(22)24(27-28-25)18-10-12-19(26)13-11-18/h3-14H,15-16H2,1-2H3. The highest BCUT2D eigenvalue weighted by molar-refractivity contribution is 8.00. The lowest BCUT2D eigenvalue weighted by Crippen LogP contribution is -2.27. The van der Waals surface area contributed by atoms with Crippen LogP contribution in [0.2, 0.25) is 0 Å². The van der Waals surface area contributed by atoms with E-state index in [1.54, 1.807) is 31.2 Å². The van der Waals surface area contributed by atoms with Gasteiger partial charge >= 0.3 is 0 Å². The summed E-state index contributed by atoms with van der Waals surface area (Å²) in [5.74, 6) is 0.705. The van der Waals surface area contributed by atoms with Crippen LogP contribution in [0.3, 0.4) is 0 Å². The predicted octanol–water partition coefficient (Wildman–Crippen LogP) is 5.20. The molecule has 0 unspecified atom stereocenters. The summed E-state index contributed by atoms with van der Waals surface area (Å²) in [5.41, 5.74) is 2.48. The van der Waals surface area contributed by atoms with Crippen LogP contribution in [-0.4, -0.2) is 40.9 Å². The quantitative estimate of drug-likeness (QED) is 0.365. The zero-order valence-corrected chi connectivity index (χ0v) is 18.6. The van der Waals surface area contributed by atoms with Gasteiger partial charge in [0.15, 0.2) is 0 Å². The van der Waals surface area contributed by atoms with Crippen LogP contribution in [-0.2, 0) is 11.3 Å². The fourth-order valence-corrected chi connectivity index (χ4v) is 4.29. The normalized spacial score (nSPS) is 10.8. The van der Waals surface area contributed by atoms with E-state index >= 15 is 0 Å². The van der Waals surface area contributed by atoms with E-state index in [0.717, 1.165) is 27.6 Å². The van der Waals surface area contributed by atoms with Crippen molar-refractivity contribution in [3.63, 3.8) is 0 Å². The number of halogens is 1. The summed E-state index contributed by atoms with van der Waals surface area (Å²) in [6, 6.07) is 21.6. The van der Waals surface area contributed by atoms with Crippen molar-refractivity contribution in [3.05, 3.63) is 84.2 Å². The number of methoxy groups -OCH3 is 1. The second kappa shape index (κ2) is 9.78. The third-order valence-corrected chi connectivity index (χ3v) is 6.05. The Morgan fingerprint density at radius 3 is 2.50 bits per heavy atom. The van der Waals surface area contributed by atoms with Gasteiger partial charge in [0.05, 0.1) is 12.9 Å². The second-order valence-corrected chi connectivity index (χ2v) is 8.26.